The second-order valence-corrected chi connectivity index (χ2v) is 5.97. The number of thiophene rings is 1. The predicted octanol–water partition coefficient (Wildman–Crippen LogP) is 3.03. The maximum atomic E-state index is 5.41. The summed E-state index contributed by atoms with van der Waals surface area (Å²) in [5, 5.41) is 6.79. The number of thioether (sulfide) groups is 1. The molecule has 0 amide bonds. The van der Waals surface area contributed by atoms with Crippen molar-refractivity contribution < 1.29 is 0 Å². The molecule has 86 valence electrons. The Morgan fingerprint density at radius 3 is 3.24 bits per heavy atom. The Kier molecular flexibility index (Phi) is 2.96. The lowest BCUT2D eigenvalue weighted by Crippen LogP contribution is -2.08. The topological polar surface area (TPSA) is 17.8 Å². The van der Waals surface area contributed by atoms with Crippen molar-refractivity contribution in [3.63, 3.8) is 0 Å². The first kappa shape index (κ1) is 10.9. The first-order valence-electron chi connectivity index (χ1n) is 5.54. The molecule has 2 aromatic heterocycles. The van der Waals surface area contributed by atoms with Crippen LogP contribution in [0, 0.1) is 12.3 Å². The highest BCUT2D eigenvalue weighted by Crippen LogP contribution is 2.34. The molecular weight excluding hydrogens is 248 g/mol. The van der Waals surface area contributed by atoms with Gasteiger partial charge >= 0.3 is 0 Å². The van der Waals surface area contributed by atoms with Crippen molar-refractivity contribution in [1.82, 2.24) is 9.78 Å². The highest BCUT2D eigenvalue weighted by Gasteiger charge is 2.21. The van der Waals surface area contributed by atoms with Gasteiger partial charge < -0.3 is 0 Å². The summed E-state index contributed by atoms with van der Waals surface area (Å²) < 4.78 is 2.00. The van der Waals surface area contributed by atoms with Crippen molar-refractivity contribution >= 4 is 23.1 Å². The van der Waals surface area contributed by atoms with E-state index < -0.39 is 0 Å². The lowest BCUT2D eigenvalue weighted by Gasteiger charge is -2.12. The molecule has 0 atom stereocenters. The van der Waals surface area contributed by atoms with E-state index in [4.69, 9.17) is 11.5 Å². The van der Waals surface area contributed by atoms with E-state index in [9.17, 15) is 0 Å². The molecule has 2 aromatic rings. The van der Waals surface area contributed by atoms with E-state index in [1.807, 2.05) is 16.4 Å². The van der Waals surface area contributed by atoms with E-state index in [1.54, 1.807) is 11.3 Å². The molecule has 0 N–H and O–H groups in total. The summed E-state index contributed by atoms with van der Waals surface area (Å²) in [6.07, 6.45) is 6.49. The summed E-state index contributed by atoms with van der Waals surface area (Å²) in [5.74, 6) is 4.93. The van der Waals surface area contributed by atoms with Crippen LogP contribution in [0.5, 0.6) is 0 Å². The average molecular weight is 260 g/mol. The molecule has 0 unspecified atom stereocenters. The fraction of sp³-hybridized carbons (Fsp3) is 0.308. The van der Waals surface area contributed by atoms with Crippen LogP contribution in [-0.4, -0.2) is 15.5 Å². The van der Waals surface area contributed by atoms with Crippen LogP contribution in [0.2, 0.25) is 0 Å². The minimum atomic E-state index is 0.582. The third-order valence-corrected chi connectivity index (χ3v) is 4.75. The first-order valence-corrected chi connectivity index (χ1v) is 7.57. The summed E-state index contributed by atoms with van der Waals surface area (Å²) >= 11 is 3.72. The lowest BCUT2D eigenvalue weighted by molar-refractivity contribution is 0.674. The van der Waals surface area contributed by atoms with Crippen LogP contribution in [0.15, 0.2) is 17.5 Å². The maximum Gasteiger partial charge on any atom is 0.107 e. The Balaban J connectivity index is 2.13. The summed E-state index contributed by atoms with van der Waals surface area (Å²) in [7, 11) is 0. The fourth-order valence-electron chi connectivity index (χ4n) is 2.14. The normalized spacial score (nSPS) is 14.3. The summed E-state index contributed by atoms with van der Waals surface area (Å²) in [5.41, 5.74) is 3.86. The third-order valence-electron chi connectivity index (χ3n) is 2.89. The zero-order valence-corrected chi connectivity index (χ0v) is 11.0. The summed E-state index contributed by atoms with van der Waals surface area (Å²) in [6, 6.07) is 4.20. The van der Waals surface area contributed by atoms with Gasteiger partial charge in [0.2, 0.25) is 0 Å². The second-order valence-electron chi connectivity index (χ2n) is 3.92. The summed E-state index contributed by atoms with van der Waals surface area (Å²) in [6.45, 7) is 0.582. The largest absolute Gasteiger partial charge is 0.257 e. The van der Waals surface area contributed by atoms with Gasteiger partial charge in [0.15, 0.2) is 0 Å². The Morgan fingerprint density at radius 2 is 2.47 bits per heavy atom. The van der Waals surface area contributed by atoms with Gasteiger partial charge in [-0.2, -0.15) is 16.9 Å². The Morgan fingerprint density at radius 1 is 1.53 bits per heavy atom. The molecule has 1 aliphatic rings. The molecule has 4 heteroatoms. The molecule has 3 rings (SSSR count). The van der Waals surface area contributed by atoms with Gasteiger partial charge in [-0.15, -0.1) is 17.8 Å². The zero-order chi connectivity index (χ0) is 11.7. The Labute approximate surface area is 109 Å². The monoisotopic (exact) mass is 260 g/mol. The molecule has 3 heterocycles. The molecule has 0 radical (unpaired) electrons. The molecule has 0 aliphatic carbocycles. The Bertz CT molecular complexity index is 561. The van der Waals surface area contributed by atoms with Gasteiger partial charge in [0.05, 0.1) is 4.88 Å². The molecule has 1 aliphatic heterocycles. The van der Waals surface area contributed by atoms with E-state index in [0.29, 0.717) is 6.54 Å². The van der Waals surface area contributed by atoms with Gasteiger partial charge in [0.1, 0.15) is 12.2 Å². The van der Waals surface area contributed by atoms with Crippen molar-refractivity contribution in [2.24, 2.45) is 0 Å². The van der Waals surface area contributed by atoms with E-state index >= 15 is 0 Å². The van der Waals surface area contributed by atoms with Crippen LogP contribution in [0.3, 0.4) is 0 Å². The molecular formula is C13H12N2S2. The van der Waals surface area contributed by atoms with Crippen LogP contribution in [-0.2, 0) is 18.7 Å². The second kappa shape index (κ2) is 4.59. The van der Waals surface area contributed by atoms with Gasteiger partial charge in [0.25, 0.3) is 0 Å². The number of rotatable bonds is 2. The predicted molar refractivity (Wildman–Crippen MR) is 74.2 cm³/mol. The van der Waals surface area contributed by atoms with Crippen molar-refractivity contribution in [3.8, 4) is 22.9 Å². The molecule has 2 nitrogen and oxygen atoms in total. The number of nitrogens with zero attached hydrogens (tertiary/aromatic N) is 2. The molecule has 0 spiro atoms. The van der Waals surface area contributed by atoms with E-state index in [1.165, 1.54) is 21.9 Å². The van der Waals surface area contributed by atoms with Crippen LogP contribution in [0.1, 0.15) is 11.3 Å². The van der Waals surface area contributed by atoms with Crippen molar-refractivity contribution in [2.45, 2.75) is 18.7 Å². The van der Waals surface area contributed by atoms with Gasteiger partial charge in [0, 0.05) is 17.0 Å². The van der Waals surface area contributed by atoms with Crippen molar-refractivity contribution in [3.05, 3.63) is 28.8 Å². The lowest BCUT2D eigenvalue weighted by atomic mass is 10.1. The molecule has 0 bridgehead atoms. The highest BCUT2D eigenvalue weighted by atomic mass is 32.2. The quantitative estimate of drug-likeness (QED) is 0.772. The fourth-order valence-corrected chi connectivity index (χ4v) is 3.86. The smallest absolute Gasteiger partial charge is 0.107 e. The van der Waals surface area contributed by atoms with E-state index in [0.717, 1.165) is 17.9 Å². The van der Waals surface area contributed by atoms with Crippen LogP contribution >= 0.6 is 23.1 Å². The third kappa shape index (κ3) is 1.90. The molecule has 0 aromatic carbocycles. The highest BCUT2D eigenvalue weighted by molar-refractivity contribution is 7.98. The zero-order valence-electron chi connectivity index (χ0n) is 9.35. The van der Waals surface area contributed by atoms with Gasteiger partial charge in [-0.1, -0.05) is 12.0 Å². The maximum absolute atomic E-state index is 5.41. The first-order chi connectivity index (χ1) is 8.40. The number of fused-ring (bicyclic) bond motifs is 1. The minimum absolute atomic E-state index is 0.582. The van der Waals surface area contributed by atoms with Gasteiger partial charge in [-0.05, 0) is 23.6 Å². The molecule has 0 fully saturated rings. The molecule has 0 saturated heterocycles. The van der Waals surface area contributed by atoms with E-state index in [2.05, 4.69) is 23.4 Å². The Hall–Kier alpha value is -1.18. The number of aromatic nitrogens is 2. The van der Waals surface area contributed by atoms with Crippen molar-refractivity contribution in [1.29, 1.82) is 0 Å². The van der Waals surface area contributed by atoms with Crippen LogP contribution < -0.4 is 0 Å². The standard InChI is InChI=1S/C13H12N2S2/c1-2-6-15-11-5-8-16-9-10(11)13(14-15)12-4-3-7-17-12/h1,3-4,7H,5-6,8-9H2. The number of terminal acetylenes is 1. The summed E-state index contributed by atoms with van der Waals surface area (Å²) in [4.78, 5) is 1.25. The van der Waals surface area contributed by atoms with E-state index in [-0.39, 0.29) is 0 Å². The van der Waals surface area contributed by atoms with Crippen molar-refractivity contribution in [2.75, 3.05) is 5.75 Å². The number of hydrogen-bond acceptors (Lipinski definition) is 3. The van der Waals surface area contributed by atoms with Gasteiger partial charge in [-0.25, -0.2) is 0 Å². The molecule has 0 saturated carbocycles. The number of hydrogen-bond donors (Lipinski definition) is 0. The van der Waals surface area contributed by atoms with Crippen LogP contribution in [0.4, 0.5) is 0 Å². The minimum Gasteiger partial charge on any atom is -0.257 e. The SMILES string of the molecule is C#CCn1nc(-c2cccs2)c2c1CCSC2. The average Bonchev–Trinajstić information content (AvgIpc) is 2.97. The van der Waals surface area contributed by atoms with Gasteiger partial charge in [-0.3, -0.25) is 4.68 Å². The molecule has 17 heavy (non-hydrogen) atoms. The van der Waals surface area contributed by atoms with Crippen LogP contribution in [0.25, 0.3) is 10.6 Å².